The summed E-state index contributed by atoms with van der Waals surface area (Å²) in [6.45, 7) is 5.18. The van der Waals surface area contributed by atoms with Crippen LogP contribution in [-0.2, 0) is 23.7 Å². The van der Waals surface area contributed by atoms with Crippen molar-refractivity contribution in [3.05, 3.63) is 6.92 Å². The highest BCUT2D eigenvalue weighted by atomic mass is 17.2. The first-order valence-electron chi connectivity index (χ1n) is 4.86. The quantitative estimate of drug-likeness (QED) is 0.188. The van der Waals surface area contributed by atoms with Crippen molar-refractivity contribution in [2.75, 3.05) is 46.2 Å². The Balaban J connectivity index is 3.48. The van der Waals surface area contributed by atoms with Crippen LogP contribution in [0.5, 0.6) is 0 Å². The highest BCUT2D eigenvalue weighted by molar-refractivity contribution is 6.36. The summed E-state index contributed by atoms with van der Waals surface area (Å²) in [6, 6.07) is 0. The van der Waals surface area contributed by atoms with Gasteiger partial charge in [-0.25, -0.2) is 9.78 Å². The van der Waals surface area contributed by atoms with Gasteiger partial charge in [0.2, 0.25) is 0 Å². The van der Waals surface area contributed by atoms with Gasteiger partial charge in [-0.1, -0.05) is 0 Å². The SMILES string of the molecule is [CH]COOCCOB(OCCO)OCCO. The lowest BCUT2D eigenvalue weighted by Gasteiger charge is -2.13. The molecule has 0 aromatic rings. The van der Waals surface area contributed by atoms with Gasteiger partial charge in [-0.05, 0) is 6.92 Å². The number of hydrogen-bond acceptors (Lipinski definition) is 7. The summed E-state index contributed by atoms with van der Waals surface area (Å²) in [5.41, 5.74) is 0. The van der Waals surface area contributed by atoms with E-state index in [0.29, 0.717) is 0 Å². The molecule has 0 aliphatic rings. The normalized spacial score (nSPS) is 10.7. The molecule has 0 spiro atoms. The van der Waals surface area contributed by atoms with Crippen molar-refractivity contribution in [1.82, 2.24) is 0 Å². The first kappa shape index (κ1) is 15.8. The van der Waals surface area contributed by atoms with Crippen molar-refractivity contribution in [1.29, 1.82) is 0 Å². The predicted molar refractivity (Wildman–Crippen MR) is 54.0 cm³/mol. The van der Waals surface area contributed by atoms with Gasteiger partial charge < -0.3 is 24.2 Å². The minimum Gasteiger partial charge on any atom is -0.394 e. The summed E-state index contributed by atoms with van der Waals surface area (Å²) in [6.07, 6.45) is 0. The molecule has 2 radical (unpaired) electrons. The Morgan fingerprint density at radius 2 is 1.38 bits per heavy atom. The third-order valence-corrected chi connectivity index (χ3v) is 1.26. The summed E-state index contributed by atoms with van der Waals surface area (Å²) in [4.78, 5) is 9.00. The lowest BCUT2D eigenvalue weighted by molar-refractivity contribution is -0.289. The number of aliphatic hydroxyl groups is 2. The molecular weight excluding hydrogens is 219 g/mol. The van der Waals surface area contributed by atoms with Gasteiger partial charge in [-0.15, -0.1) is 0 Å². The van der Waals surface area contributed by atoms with Crippen LogP contribution in [0.3, 0.4) is 0 Å². The van der Waals surface area contributed by atoms with E-state index in [1.165, 1.54) is 0 Å². The Morgan fingerprint density at radius 1 is 0.812 bits per heavy atom. The second kappa shape index (κ2) is 12.9. The Hall–Kier alpha value is -0.215. The Morgan fingerprint density at radius 3 is 1.88 bits per heavy atom. The monoisotopic (exact) mass is 236 g/mol. The molecule has 7 nitrogen and oxygen atoms in total. The van der Waals surface area contributed by atoms with Gasteiger partial charge in [0.05, 0.1) is 39.6 Å². The van der Waals surface area contributed by atoms with Crippen LogP contribution in [0.25, 0.3) is 0 Å². The summed E-state index contributed by atoms with van der Waals surface area (Å²) in [5, 5.41) is 17.1. The van der Waals surface area contributed by atoms with E-state index >= 15 is 0 Å². The van der Waals surface area contributed by atoms with Crippen LogP contribution in [0.2, 0.25) is 0 Å². The first-order chi connectivity index (χ1) is 7.85. The molecule has 0 aliphatic carbocycles. The molecule has 94 valence electrons. The highest BCUT2D eigenvalue weighted by Crippen LogP contribution is 1.93. The van der Waals surface area contributed by atoms with Crippen LogP contribution in [0.1, 0.15) is 0 Å². The summed E-state index contributed by atoms with van der Waals surface area (Å²) >= 11 is 0. The maximum Gasteiger partial charge on any atom is 0.639 e. The Kier molecular flexibility index (Phi) is 12.7. The van der Waals surface area contributed by atoms with Gasteiger partial charge >= 0.3 is 7.32 Å². The Labute approximate surface area is 95.3 Å². The Bertz CT molecular complexity index is 130. The molecule has 0 amide bonds. The van der Waals surface area contributed by atoms with Gasteiger partial charge in [0.1, 0.15) is 6.61 Å². The van der Waals surface area contributed by atoms with Crippen LogP contribution in [0, 0.1) is 6.92 Å². The fraction of sp³-hybridized carbons (Fsp3) is 0.875. The molecule has 0 atom stereocenters. The molecule has 0 bridgehead atoms. The van der Waals surface area contributed by atoms with E-state index in [-0.39, 0.29) is 46.2 Å². The smallest absolute Gasteiger partial charge is 0.394 e. The van der Waals surface area contributed by atoms with Crippen molar-refractivity contribution < 1.29 is 34.0 Å². The van der Waals surface area contributed by atoms with Gasteiger partial charge in [0.15, 0.2) is 0 Å². The molecule has 0 heterocycles. The molecule has 0 unspecified atom stereocenters. The van der Waals surface area contributed by atoms with E-state index in [0.717, 1.165) is 0 Å². The molecule has 8 heteroatoms. The largest absolute Gasteiger partial charge is 0.639 e. The van der Waals surface area contributed by atoms with Crippen molar-refractivity contribution in [3.8, 4) is 0 Å². The molecule has 2 N–H and O–H groups in total. The van der Waals surface area contributed by atoms with Crippen molar-refractivity contribution in [2.24, 2.45) is 0 Å². The van der Waals surface area contributed by atoms with E-state index < -0.39 is 7.32 Å². The highest BCUT2D eigenvalue weighted by Gasteiger charge is 2.20. The average Bonchev–Trinajstić information content (AvgIpc) is 2.31. The van der Waals surface area contributed by atoms with Crippen molar-refractivity contribution >= 4 is 7.32 Å². The van der Waals surface area contributed by atoms with E-state index in [2.05, 4.69) is 9.78 Å². The molecule has 16 heavy (non-hydrogen) atoms. The number of aliphatic hydroxyl groups excluding tert-OH is 2. The van der Waals surface area contributed by atoms with Crippen LogP contribution in [-0.4, -0.2) is 63.8 Å². The zero-order chi connectivity index (χ0) is 12.1. The minimum absolute atomic E-state index is 0.0363. The second-order valence-electron chi connectivity index (χ2n) is 2.45. The fourth-order valence-corrected chi connectivity index (χ4v) is 0.728. The lowest BCUT2D eigenvalue weighted by atomic mass is 10.2. The first-order valence-corrected chi connectivity index (χ1v) is 4.86. The minimum atomic E-state index is -0.944. The molecule has 0 saturated carbocycles. The molecule has 0 aliphatic heterocycles. The summed E-state index contributed by atoms with van der Waals surface area (Å²) in [5.74, 6) is 0. The summed E-state index contributed by atoms with van der Waals surface area (Å²) in [7, 11) is -0.944. The molecule has 0 fully saturated rings. The lowest BCUT2D eigenvalue weighted by Crippen LogP contribution is -2.31. The van der Waals surface area contributed by atoms with Crippen molar-refractivity contribution in [3.63, 3.8) is 0 Å². The molecule has 0 aromatic heterocycles. The average molecular weight is 236 g/mol. The zero-order valence-electron chi connectivity index (χ0n) is 9.04. The van der Waals surface area contributed by atoms with E-state index in [4.69, 9.17) is 31.1 Å². The van der Waals surface area contributed by atoms with Crippen molar-refractivity contribution in [2.45, 2.75) is 0 Å². The van der Waals surface area contributed by atoms with Crippen LogP contribution >= 0.6 is 0 Å². The molecule has 0 saturated heterocycles. The third kappa shape index (κ3) is 10.3. The van der Waals surface area contributed by atoms with E-state index in [1.54, 1.807) is 0 Å². The van der Waals surface area contributed by atoms with E-state index in [9.17, 15) is 0 Å². The third-order valence-electron chi connectivity index (χ3n) is 1.26. The van der Waals surface area contributed by atoms with E-state index in [1.807, 2.05) is 0 Å². The number of rotatable bonds is 12. The van der Waals surface area contributed by atoms with Gasteiger partial charge in [0, 0.05) is 0 Å². The van der Waals surface area contributed by atoms with Gasteiger partial charge in [-0.3, -0.25) is 0 Å². The predicted octanol–water partition coefficient (Wildman–Crippen LogP) is -1.34. The number of hydrogen-bond donors (Lipinski definition) is 2. The fourth-order valence-electron chi connectivity index (χ4n) is 0.728. The molecule has 0 rings (SSSR count). The maximum absolute atomic E-state index is 8.54. The topological polar surface area (TPSA) is 86.6 Å². The second-order valence-corrected chi connectivity index (χ2v) is 2.45. The van der Waals surface area contributed by atoms with Crippen LogP contribution < -0.4 is 0 Å². The maximum atomic E-state index is 8.54. The van der Waals surface area contributed by atoms with Crippen LogP contribution in [0.4, 0.5) is 0 Å². The molecular formula is C8H17BO7. The van der Waals surface area contributed by atoms with Crippen LogP contribution in [0.15, 0.2) is 0 Å². The van der Waals surface area contributed by atoms with Gasteiger partial charge in [0.25, 0.3) is 0 Å². The van der Waals surface area contributed by atoms with Gasteiger partial charge in [-0.2, -0.15) is 0 Å². The summed E-state index contributed by atoms with van der Waals surface area (Å²) < 4.78 is 15.0. The standard InChI is InChI=1S/C8H17BO7/c1-2-15-16-8-7-14-9(12-5-3-10)13-6-4-11/h1,10-11H,2-8H2. The molecule has 0 aromatic carbocycles. The zero-order valence-corrected chi connectivity index (χ0v) is 9.04.